The summed E-state index contributed by atoms with van der Waals surface area (Å²) in [7, 11) is -3.66. The summed E-state index contributed by atoms with van der Waals surface area (Å²) in [5, 5.41) is 3.70. The second-order valence-electron chi connectivity index (χ2n) is 7.48. The molecule has 2 aromatic carbocycles. The molecule has 0 spiro atoms. The van der Waals surface area contributed by atoms with E-state index in [-0.39, 0.29) is 10.8 Å². The van der Waals surface area contributed by atoms with Crippen LogP contribution >= 0.6 is 11.8 Å². The molecular weight excluding hydrogens is 404 g/mol. The third-order valence-corrected chi connectivity index (χ3v) is 7.87. The Hall–Kier alpha value is -1.99. The summed E-state index contributed by atoms with van der Waals surface area (Å²) in [6.07, 6.45) is 5.22. The average molecular weight is 433 g/mol. The van der Waals surface area contributed by atoms with E-state index in [2.05, 4.69) is 10.0 Å². The van der Waals surface area contributed by atoms with Crippen LogP contribution in [0.25, 0.3) is 0 Å². The summed E-state index contributed by atoms with van der Waals surface area (Å²) >= 11 is 1.94. The molecule has 0 heterocycles. The highest BCUT2D eigenvalue weighted by Gasteiger charge is 2.17. The summed E-state index contributed by atoms with van der Waals surface area (Å²) < 4.78 is 27.8. The van der Waals surface area contributed by atoms with Gasteiger partial charge in [-0.05, 0) is 62.6 Å². The van der Waals surface area contributed by atoms with Gasteiger partial charge in [0.15, 0.2) is 0 Å². The van der Waals surface area contributed by atoms with Crippen molar-refractivity contribution >= 4 is 33.4 Å². The van der Waals surface area contributed by atoms with Gasteiger partial charge in [0, 0.05) is 23.1 Å². The predicted molar refractivity (Wildman–Crippen MR) is 120 cm³/mol. The minimum absolute atomic E-state index is 0.131. The summed E-state index contributed by atoms with van der Waals surface area (Å²) in [5.41, 5.74) is 2.70. The molecule has 5 nitrogen and oxygen atoms in total. The number of sulfonamides is 1. The molecule has 1 fully saturated rings. The highest BCUT2D eigenvalue weighted by atomic mass is 32.2. The molecule has 0 radical (unpaired) electrons. The first-order valence-electron chi connectivity index (χ1n) is 9.95. The Morgan fingerprint density at radius 2 is 1.76 bits per heavy atom. The predicted octanol–water partition coefficient (Wildman–Crippen LogP) is 4.51. The Morgan fingerprint density at radius 1 is 1.07 bits per heavy atom. The van der Waals surface area contributed by atoms with Crippen molar-refractivity contribution in [2.24, 2.45) is 0 Å². The molecule has 2 N–H and O–H groups in total. The first-order valence-corrected chi connectivity index (χ1v) is 12.5. The van der Waals surface area contributed by atoms with Crippen molar-refractivity contribution in [3.05, 3.63) is 59.2 Å². The van der Waals surface area contributed by atoms with E-state index in [9.17, 15) is 13.2 Å². The van der Waals surface area contributed by atoms with Crippen LogP contribution in [0, 0.1) is 13.8 Å². The van der Waals surface area contributed by atoms with Crippen molar-refractivity contribution in [1.82, 2.24) is 5.32 Å². The fraction of sp³-hybridized carbons (Fsp3) is 0.409. The lowest BCUT2D eigenvalue weighted by atomic mass is 10.1. The van der Waals surface area contributed by atoms with Crippen LogP contribution in [-0.4, -0.2) is 31.9 Å². The van der Waals surface area contributed by atoms with Crippen molar-refractivity contribution in [2.75, 3.05) is 17.0 Å². The molecule has 29 heavy (non-hydrogen) atoms. The molecule has 3 rings (SSSR count). The molecule has 156 valence electrons. The maximum Gasteiger partial charge on any atom is 0.261 e. The first-order chi connectivity index (χ1) is 13.8. The molecule has 7 heteroatoms. The van der Waals surface area contributed by atoms with Crippen molar-refractivity contribution < 1.29 is 13.2 Å². The number of rotatable bonds is 8. The second kappa shape index (κ2) is 9.67. The average Bonchev–Trinajstić information content (AvgIpc) is 3.20. The van der Waals surface area contributed by atoms with Gasteiger partial charge in [0.05, 0.1) is 10.6 Å². The van der Waals surface area contributed by atoms with E-state index in [1.54, 1.807) is 49.4 Å². The molecule has 1 aliphatic rings. The molecule has 0 atom stereocenters. The highest BCUT2D eigenvalue weighted by Crippen LogP contribution is 2.29. The Balaban J connectivity index is 1.57. The normalized spacial score (nSPS) is 14.7. The first kappa shape index (κ1) is 21.7. The minimum Gasteiger partial charge on any atom is -0.351 e. The lowest BCUT2D eigenvalue weighted by Crippen LogP contribution is -2.26. The summed E-state index contributed by atoms with van der Waals surface area (Å²) in [5.74, 6) is 0.789. The third-order valence-electron chi connectivity index (χ3n) is 5.11. The van der Waals surface area contributed by atoms with Gasteiger partial charge in [-0.1, -0.05) is 30.5 Å². The van der Waals surface area contributed by atoms with E-state index < -0.39 is 10.0 Å². The van der Waals surface area contributed by atoms with Crippen LogP contribution in [0.4, 0.5) is 5.69 Å². The van der Waals surface area contributed by atoms with Gasteiger partial charge in [0.1, 0.15) is 0 Å². The lowest BCUT2D eigenvalue weighted by Gasteiger charge is -2.13. The van der Waals surface area contributed by atoms with Gasteiger partial charge in [-0.15, -0.1) is 0 Å². The monoisotopic (exact) mass is 432 g/mol. The van der Waals surface area contributed by atoms with E-state index >= 15 is 0 Å². The zero-order chi connectivity index (χ0) is 20.9. The second-order valence-corrected chi connectivity index (χ2v) is 10.6. The van der Waals surface area contributed by atoms with Gasteiger partial charge in [0.25, 0.3) is 15.9 Å². The number of carbonyl (C=O) groups excluding carboxylic acids is 1. The summed E-state index contributed by atoms with van der Waals surface area (Å²) in [6, 6.07) is 11.7. The largest absolute Gasteiger partial charge is 0.351 e. The van der Waals surface area contributed by atoms with E-state index in [1.807, 2.05) is 18.7 Å². The van der Waals surface area contributed by atoms with Crippen molar-refractivity contribution in [2.45, 2.75) is 49.7 Å². The SMILES string of the molecule is Cc1ccc(S(=O)(=O)Nc2ccc(C(=O)NCCSC3CCCC3)cc2C)cc1. The zero-order valence-corrected chi connectivity index (χ0v) is 18.5. The van der Waals surface area contributed by atoms with Gasteiger partial charge >= 0.3 is 0 Å². The van der Waals surface area contributed by atoms with Crippen LogP contribution in [0.1, 0.15) is 47.2 Å². The number of hydrogen-bond acceptors (Lipinski definition) is 4. The maximum atomic E-state index is 12.6. The number of benzene rings is 2. The fourth-order valence-electron chi connectivity index (χ4n) is 3.39. The number of aryl methyl sites for hydroxylation is 2. The Morgan fingerprint density at radius 3 is 2.41 bits per heavy atom. The molecule has 0 saturated heterocycles. The van der Waals surface area contributed by atoms with Crippen LogP contribution in [0.5, 0.6) is 0 Å². The molecule has 0 unspecified atom stereocenters. The Kier molecular flexibility index (Phi) is 7.24. The fourth-order valence-corrected chi connectivity index (χ4v) is 5.74. The van der Waals surface area contributed by atoms with E-state index in [0.29, 0.717) is 23.4 Å². The third kappa shape index (κ3) is 6.00. The van der Waals surface area contributed by atoms with Gasteiger partial charge < -0.3 is 5.32 Å². The van der Waals surface area contributed by atoms with Gasteiger partial charge in [-0.3, -0.25) is 9.52 Å². The van der Waals surface area contributed by atoms with Crippen LogP contribution in [0.3, 0.4) is 0 Å². The molecule has 1 saturated carbocycles. The standard InChI is InChI=1S/C22H28N2O3S2/c1-16-7-10-20(11-8-16)29(26,27)24-21-12-9-18(15-17(21)2)22(25)23-13-14-28-19-5-3-4-6-19/h7-12,15,19,24H,3-6,13-14H2,1-2H3,(H,23,25). The summed E-state index contributed by atoms with van der Waals surface area (Å²) in [6.45, 7) is 4.34. The number of carbonyl (C=O) groups is 1. The van der Waals surface area contributed by atoms with Crippen LogP contribution in [-0.2, 0) is 10.0 Å². The number of anilines is 1. The number of hydrogen-bond donors (Lipinski definition) is 2. The van der Waals surface area contributed by atoms with Gasteiger partial charge in [0.2, 0.25) is 0 Å². The molecule has 0 aromatic heterocycles. The molecule has 0 aliphatic heterocycles. The van der Waals surface area contributed by atoms with Crippen LogP contribution in [0.15, 0.2) is 47.4 Å². The topological polar surface area (TPSA) is 75.3 Å². The zero-order valence-electron chi connectivity index (χ0n) is 16.9. The van der Waals surface area contributed by atoms with Crippen LogP contribution in [0.2, 0.25) is 0 Å². The van der Waals surface area contributed by atoms with Gasteiger partial charge in [-0.25, -0.2) is 8.42 Å². The molecule has 1 amide bonds. The number of thioether (sulfide) groups is 1. The minimum atomic E-state index is -3.66. The van der Waals surface area contributed by atoms with Crippen molar-refractivity contribution in [1.29, 1.82) is 0 Å². The van der Waals surface area contributed by atoms with E-state index in [0.717, 1.165) is 16.6 Å². The maximum absolute atomic E-state index is 12.6. The van der Waals surface area contributed by atoms with Gasteiger partial charge in [-0.2, -0.15) is 11.8 Å². The number of nitrogens with one attached hydrogen (secondary N) is 2. The smallest absolute Gasteiger partial charge is 0.261 e. The van der Waals surface area contributed by atoms with E-state index in [4.69, 9.17) is 0 Å². The Bertz CT molecular complexity index is 951. The number of amides is 1. The van der Waals surface area contributed by atoms with Crippen LogP contribution < -0.4 is 10.0 Å². The van der Waals surface area contributed by atoms with Crippen molar-refractivity contribution in [3.63, 3.8) is 0 Å². The molecule has 2 aromatic rings. The lowest BCUT2D eigenvalue weighted by molar-refractivity contribution is 0.0956. The highest BCUT2D eigenvalue weighted by molar-refractivity contribution is 7.99. The van der Waals surface area contributed by atoms with Crippen molar-refractivity contribution in [3.8, 4) is 0 Å². The molecule has 0 bridgehead atoms. The molecule has 1 aliphatic carbocycles. The Labute approximate surface area is 177 Å². The quantitative estimate of drug-likeness (QED) is 0.602. The summed E-state index contributed by atoms with van der Waals surface area (Å²) in [4.78, 5) is 12.6. The van der Waals surface area contributed by atoms with E-state index in [1.165, 1.54) is 25.7 Å². The molecular formula is C22H28N2O3S2.